The summed E-state index contributed by atoms with van der Waals surface area (Å²) < 4.78 is 24.1. The Morgan fingerprint density at radius 3 is 1.74 bits per heavy atom. The Kier molecular flexibility index (Phi) is 19.7. The highest BCUT2D eigenvalue weighted by Gasteiger charge is 2.09. The summed E-state index contributed by atoms with van der Waals surface area (Å²) in [5.41, 5.74) is 0. The van der Waals surface area contributed by atoms with Crippen molar-refractivity contribution < 1.29 is 23.5 Å². The highest BCUT2D eigenvalue weighted by Crippen LogP contribution is 2.26. The molecule has 0 atom stereocenters. The summed E-state index contributed by atoms with van der Waals surface area (Å²) in [5, 5.41) is 0. The summed E-state index contributed by atoms with van der Waals surface area (Å²) in [7, 11) is 0. The molecule has 1 aromatic carbocycles. The highest BCUT2D eigenvalue weighted by molar-refractivity contribution is 9.10. The van der Waals surface area contributed by atoms with E-state index in [9.17, 15) is 14.0 Å². The zero-order valence-electron chi connectivity index (χ0n) is 21.8. The third kappa shape index (κ3) is 18.5. The second-order valence-corrected chi connectivity index (χ2v) is 10.3. The molecular weight excluding hydrogens is 511 g/mol. The standard InChI is InChI=1S/C29H46BrFO4/c1-2-3-4-5-6-7-8-9-12-15-18-23-34-28(32)19-16-13-10-11-14-17-20-29(33)35-27-22-21-25(31)24-26(27)30/h21-22,24H,2-20,23H2,1H3. The number of esters is 2. The lowest BCUT2D eigenvalue weighted by molar-refractivity contribution is -0.144. The summed E-state index contributed by atoms with van der Waals surface area (Å²) in [6.45, 7) is 2.81. The van der Waals surface area contributed by atoms with E-state index in [1.807, 2.05) is 0 Å². The molecule has 0 saturated heterocycles. The summed E-state index contributed by atoms with van der Waals surface area (Å²) in [5.74, 6) is -0.425. The Balaban J connectivity index is 1.84. The zero-order chi connectivity index (χ0) is 25.6. The Morgan fingerprint density at radius 1 is 0.714 bits per heavy atom. The first kappa shape index (κ1) is 31.6. The smallest absolute Gasteiger partial charge is 0.311 e. The van der Waals surface area contributed by atoms with E-state index in [1.54, 1.807) is 0 Å². The van der Waals surface area contributed by atoms with Crippen molar-refractivity contribution in [2.24, 2.45) is 0 Å². The van der Waals surface area contributed by atoms with Crippen LogP contribution in [-0.2, 0) is 14.3 Å². The minimum Gasteiger partial charge on any atom is -0.466 e. The Bertz CT molecular complexity index is 695. The molecule has 0 unspecified atom stereocenters. The van der Waals surface area contributed by atoms with E-state index in [0.29, 0.717) is 29.7 Å². The van der Waals surface area contributed by atoms with Gasteiger partial charge in [-0.1, -0.05) is 96.8 Å². The van der Waals surface area contributed by atoms with Crippen molar-refractivity contribution in [1.29, 1.82) is 0 Å². The number of halogens is 2. The lowest BCUT2D eigenvalue weighted by Crippen LogP contribution is -2.08. The van der Waals surface area contributed by atoms with Gasteiger partial charge in [-0.15, -0.1) is 0 Å². The molecule has 6 heteroatoms. The number of unbranched alkanes of at least 4 members (excludes halogenated alkanes) is 15. The number of ether oxygens (including phenoxy) is 2. The van der Waals surface area contributed by atoms with Gasteiger partial charge in [0.2, 0.25) is 0 Å². The average molecular weight is 558 g/mol. The quantitative estimate of drug-likeness (QED) is 0.0809. The maximum Gasteiger partial charge on any atom is 0.311 e. The highest BCUT2D eigenvalue weighted by atomic mass is 79.9. The molecule has 35 heavy (non-hydrogen) atoms. The molecule has 0 aliphatic rings. The van der Waals surface area contributed by atoms with Gasteiger partial charge < -0.3 is 9.47 Å². The van der Waals surface area contributed by atoms with Gasteiger partial charge >= 0.3 is 11.9 Å². The maximum atomic E-state index is 13.1. The molecule has 0 spiro atoms. The van der Waals surface area contributed by atoms with Gasteiger partial charge in [0, 0.05) is 12.8 Å². The number of benzene rings is 1. The van der Waals surface area contributed by atoms with Gasteiger partial charge in [0.15, 0.2) is 0 Å². The summed E-state index contributed by atoms with van der Waals surface area (Å²) in [4.78, 5) is 23.7. The number of carbonyl (C=O) groups is 2. The van der Waals surface area contributed by atoms with Crippen LogP contribution in [0.4, 0.5) is 4.39 Å². The van der Waals surface area contributed by atoms with Gasteiger partial charge in [-0.05, 0) is 53.4 Å². The molecule has 0 bridgehead atoms. The minimum atomic E-state index is -0.380. The van der Waals surface area contributed by atoms with Gasteiger partial charge in [0.25, 0.3) is 0 Å². The van der Waals surface area contributed by atoms with E-state index in [-0.39, 0.29) is 17.8 Å². The summed E-state index contributed by atoms with van der Waals surface area (Å²) >= 11 is 3.19. The van der Waals surface area contributed by atoms with E-state index in [2.05, 4.69) is 22.9 Å². The molecule has 0 N–H and O–H groups in total. The van der Waals surface area contributed by atoms with Crippen LogP contribution < -0.4 is 4.74 Å². The Labute approximate surface area is 220 Å². The molecule has 0 radical (unpaired) electrons. The first-order valence-corrected chi connectivity index (χ1v) is 14.6. The van der Waals surface area contributed by atoms with E-state index < -0.39 is 0 Å². The normalized spacial score (nSPS) is 10.9. The van der Waals surface area contributed by atoms with Crippen molar-refractivity contribution in [3.63, 3.8) is 0 Å². The zero-order valence-corrected chi connectivity index (χ0v) is 23.3. The van der Waals surface area contributed by atoms with Crippen molar-refractivity contribution in [3.05, 3.63) is 28.5 Å². The van der Waals surface area contributed by atoms with Crippen LogP contribution in [0, 0.1) is 5.82 Å². The second-order valence-electron chi connectivity index (χ2n) is 9.43. The second kappa shape index (κ2) is 21.8. The molecule has 0 aliphatic heterocycles. The molecule has 0 amide bonds. The lowest BCUT2D eigenvalue weighted by atomic mass is 10.1. The monoisotopic (exact) mass is 556 g/mol. The van der Waals surface area contributed by atoms with Crippen molar-refractivity contribution in [3.8, 4) is 5.75 Å². The van der Waals surface area contributed by atoms with Crippen molar-refractivity contribution in [2.75, 3.05) is 6.61 Å². The fourth-order valence-corrected chi connectivity index (χ4v) is 4.43. The molecule has 4 nitrogen and oxygen atoms in total. The van der Waals surface area contributed by atoms with Crippen LogP contribution in [-0.4, -0.2) is 18.5 Å². The van der Waals surface area contributed by atoms with Gasteiger partial charge in [-0.25, -0.2) is 4.39 Å². The SMILES string of the molecule is CCCCCCCCCCCCCOC(=O)CCCCCCCCC(=O)Oc1ccc(F)cc1Br. The summed E-state index contributed by atoms with van der Waals surface area (Å²) in [6, 6.07) is 3.99. The van der Waals surface area contributed by atoms with Crippen LogP contribution in [0.2, 0.25) is 0 Å². The molecule has 0 heterocycles. The molecule has 0 aliphatic carbocycles. The van der Waals surface area contributed by atoms with Crippen molar-refractivity contribution >= 4 is 27.9 Å². The van der Waals surface area contributed by atoms with Gasteiger partial charge in [0.1, 0.15) is 11.6 Å². The van der Waals surface area contributed by atoms with Crippen LogP contribution in [0.5, 0.6) is 5.75 Å². The molecule has 1 rings (SSSR count). The average Bonchev–Trinajstić information content (AvgIpc) is 2.83. The van der Waals surface area contributed by atoms with Crippen LogP contribution in [0.15, 0.2) is 22.7 Å². The molecule has 200 valence electrons. The number of hydrogen-bond acceptors (Lipinski definition) is 4. The third-order valence-corrected chi connectivity index (χ3v) is 6.76. The van der Waals surface area contributed by atoms with Gasteiger partial charge in [0.05, 0.1) is 11.1 Å². The topological polar surface area (TPSA) is 52.6 Å². The number of hydrogen-bond donors (Lipinski definition) is 0. The van der Waals surface area contributed by atoms with Gasteiger partial charge in [-0.3, -0.25) is 9.59 Å². The van der Waals surface area contributed by atoms with Crippen molar-refractivity contribution in [1.82, 2.24) is 0 Å². The van der Waals surface area contributed by atoms with Crippen LogP contribution in [0.1, 0.15) is 129 Å². The number of rotatable bonds is 22. The predicted octanol–water partition coefficient (Wildman–Crippen LogP) is 9.47. The minimum absolute atomic E-state index is 0.0771. The van der Waals surface area contributed by atoms with Crippen LogP contribution >= 0.6 is 15.9 Å². The Hall–Kier alpha value is -1.43. The largest absolute Gasteiger partial charge is 0.466 e. The third-order valence-electron chi connectivity index (χ3n) is 6.14. The summed E-state index contributed by atoms with van der Waals surface area (Å²) in [6.07, 6.45) is 20.7. The fraction of sp³-hybridized carbons (Fsp3) is 0.724. The predicted molar refractivity (Wildman–Crippen MR) is 144 cm³/mol. The lowest BCUT2D eigenvalue weighted by Gasteiger charge is -2.07. The van der Waals surface area contributed by atoms with E-state index in [0.717, 1.165) is 51.4 Å². The molecule has 1 aromatic rings. The van der Waals surface area contributed by atoms with Crippen molar-refractivity contribution in [2.45, 2.75) is 129 Å². The molecule has 0 fully saturated rings. The van der Waals surface area contributed by atoms with E-state index in [1.165, 1.54) is 76.0 Å². The Morgan fingerprint density at radius 2 is 1.20 bits per heavy atom. The van der Waals surface area contributed by atoms with Crippen LogP contribution in [0.3, 0.4) is 0 Å². The van der Waals surface area contributed by atoms with E-state index >= 15 is 0 Å². The van der Waals surface area contributed by atoms with Gasteiger partial charge in [-0.2, -0.15) is 0 Å². The van der Waals surface area contributed by atoms with E-state index in [4.69, 9.17) is 9.47 Å². The molecular formula is C29H46BrFO4. The van der Waals surface area contributed by atoms with Crippen LogP contribution in [0.25, 0.3) is 0 Å². The fourth-order valence-electron chi connectivity index (χ4n) is 4.00. The molecule has 0 saturated carbocycles. The number of carbonyl (C=O) groups excluding carboxylic acids is 2. The maximum absolute atomic E-state index is 13.1. The first-order valence-electron chi connectivity index (χ1n) is 13.8. The molecule has 0 aromatic heterocycles. The first-order chi connectivity index (χ1) is 17.0.